The van der Waals surface area contributed by atoms with Crippen molar-refractivity contribution in [3.8, 4) is 11.4 Å². The molecule has 2 aromatic heterocycles. The van der Waals surface area contributed by atoms with Gasteiger partial charge in [-0.15, -0.1) is 5.10 Å². The molecule has 0 radical (unpaired) electrons. The number of carboxylic acid groups (broad SMARTS) is 1. The maximum absolute atomic E-state index is 14.2. The summed E-state index contributed by atoms with van der Waals surface area (Å²) >= 11 is 0. The van der Waals surface area contributed by atoms with Crippen LogP contribution in [0.5, 0.6) is 0 Å². The summed E-state index contributed by atoms with van der Waals surface area (Å²) in [5.74, 6) is -2.25. The molecule has 0 aliphatic heterocycles. The molecule has 2 N–H and O–H groups in total. The molecule has 11 heteroatoms. The zero-order chi connectivity index (χ0) is 16.7. The number of carboxylic acids is 1. The number of pyridine rings is 1. The van der Waals surface area contributed by atoms with E-state index in [0.717, 1.165) is 17.0 Å². The van der Waals surface area contributed by atoms with Crippen molar-refractivity contribution in [2.45, 2.75) is 6.92 Å². The first-order valence-electron chi connectivity index (χ1n) is 5.88. The van der Waals surface area contributed by atoms with Gasteiger partial charge in [0, 0.05) is 13.1 Å². The number of halogens is 1. The zero-order valence-electron chi connectivity index (χ0n) is 11.8. The van der Waals surface area contributed by atoms with Crippen molar-refractivity contribution in [3.63, 3.8) is 0 Å². The van der Waals surface area contributed by atoms with Crippen LogP contribution in [-0.2, 0) is 17.1 Å². The Bertz CT molecular complexity index is 862. The summed E-state index contributed by atoms with van der Waals surface area (Å²) in [5.41, 5.74) is -0.744. The van der Waals surface area contributed by atoms with Gasteiger partial charge < -0.3 is 5.11 Å². The second-order valence-electron chi connectivity index (χ2n) is 4.54. The van der Waals surface area contributed by atoms with Crippen molar-refractivity contribution in [2.24, 2.45) is 7.05 Å². The summed E-state index contributed by atoms with van der Waals surface area (Å²) in [6, 6.07) is 0.916. The van der Waals surface area contributed by atoms with E-state index in [9.17, 15) is 17.6 Å². The van der Waals surface area contributed by atoms with E-state index < -0.39 is 21.8 Å². The topological polar surface area (TPSA) is 127 Å². The van der Waals surface area contributed by atoms with Gasteiger partial charge in [0.2, 0.25) is 10.0 Å². The minimum absolute atomic E-state index is 0.0375. The first kappa shape index (κ1) is 15.8. The lowest BCUT2D eigenvalue weighted by atomic mass is 10.2. The van der Waals surface area contributed by atoms with E-state index in [2.05, 4.69) is 20.0 Å². The molecule has 0 saturated carbocycles. The summed E-state index contributed by atoms with van der Waals surface area (Å²) in [4.78, 5) is 15.1. The van der Waals surface area contributed by atoms with Crippen LogP contribution in [0.4, 0.5) is 10.1 Å². The van der Waals surface area contributed by atoms with E-state index >= 15 is 0 Å². The molecule has 0 spiro atoms. The number of aromatic carboxylic acids is 1. The van der Waals surface area contributed by atoms with Gasteiger partial charge in [-0.1, -0.05) is 5.21 Å². The fourth-order valence-corrected chi connectivity index (χ4v) is 2.41. The third-order valence-corrected chi connectivity index (χ3v) is 3.31. The average molecular weight is 329 g/mol. The molecule has 0 bridgehead atoms. The molecule has 0 fully saturated rings. The zero-order valence-corrected chi connectivity index (χ0v) is 12.6. The van der Waals surface area contributed by atoms with E-state index in [-0.39, 0.29) is 28.5 Å². The maximum atomic E-state index is 14.2. The molecule has 0 aliphatic carbocycles. The van der Waals surface area contributed by atoms with Crippen molar-refractivity contribution in [2.75, 3.05) is 11.0 Å². The van der Waals surface area contributed by atoms with Gasteiger partial charge in [-0.3, -0.25) is 4.72 Å². The molecule has 0 unspecified atom stereocenters. The van der Waals surface area contributed by atoms with Gasteiger partial charge in [0.25, 0.3) is 0 Å². The lowest BCUT2D eigenvalue weighted by Gasteiger charge is -2.09. The molecule has 0 aliphatic rings. The summed E-state index contributed by atoms with van der Waals surface area (Å²) in [6.07, 6.45) is 0.920. The Morgan fingerprint density at radius 3 is 2.59 bits per heavy atom. The van der Waals surface area contributed by atoms with E-state index in [1.54, 1.807) is 0 Å². The van der Waals surface area contributed by atoms with E-state index in [1.165, 1.54) is 14.0 Å². The number of rotatable bonds is 4. The van der Waals surface area contributed by atoms with Crippen LogP contribution in [0.15, 0.2) is 6.07 Å². The quantitative estimate of drug-likeness (QED) is 0.830. The molecule has 0 amide bonds. The monoisotopic (exact) mass is 329 g/mol. The third-order valence-electron chi connectivity index (χ3n) is 2.72. The van der Waals surface area contributed by atoms with Crippen LogP contribution in [0.2, 0.25) is 0 Å². The normalized spacial score (nSPS) is 11.5. The van der Waals surface area contributed by atoms with Gasteiger partial charge in [-0.05, 0) is 6.92 Å². The molecule has 2 heterocycles. The van der Waals surface area contributed by atoms with Crippen LogP contribution in [0.25, 0.3) is 11.4 Å². The minimum Gasteiger partial charge on any atom is -0.476 e. The highest BCUT2D eigenvalue weighted by atomic mass is 32.2. The molecule has 118 valence electrons. The lowest BCUT2D eigenvalue weighted by molar-refractivity contribution is 0.0686. The number of sulfonamides is 1. The van der Waals surface area contributed by atoms with Gasteiger partial charge >= 0.3 is 5.97 Å². The number of carbonyl (C=O) groups is 1. The molecule has 0 saturated heterocycles. The summed E-state index contributed by atoms with van der Waals surface area (Å²) in [7, 11) is -2.24. The standard InChI is InChI=1S/C11H12FN5O4S/c1-5-7(15-22(3,20)21)4-6(12)8(13-5)9-10(11(18)19)17(2)16-14-9/h4,15H,1-3H3,(H,18,19). The summed E-state index contributed by atoms with van der Waals surface area (Å²) in [5, 5.41) is 16.3. The van der Waals surface area contributed by atoms with Crippen molar-refractivity contribution in [3.05, 3.63) is 23.3 Å². The highest BCUT2D eigenvalue weighted by Gasteiger charge is 2.24. The lowest BCUT2D eigenvalue weighted by Crippen LogP contribution is -2.12. The Hall–Kier alpha value is -2.56. The molecular formula is C11H12FN5O4S. The van der Waals surface area contributed by atoms with E-state index in [1.807, 2.05) is 0 Å². The van der Waals surface area contributed by atoms with Gasteiger partial charge in [-0.25, -0.2) is 27.3 Å². The predicted octanol–water partition coefficient (Wildman–Crippen LogP) is 0.394. The van der Waals surface area contributed by atoms with Gasteiger partial charge in [0.15, 0.2) is 11.5 Å². The SMILES string of the molecule is Cc1nc(-c2nnn(C)c2C(=O)O)c(F)cc1NS(C)(=O)=O. The van der Waals surface area contributed by atoms with Crippen LogP contribution >= 0.6 is 0 Å². The molecule has 22 heavy (non-hydrogen) atoms. The molecule has 2 aromatic rings. The molecule has 9 nitrogen and oxygen atoms in total. The number of nitrogens with zero attached hydrogens (tertiary/aromatic N) is 4. The van der Waals surface area contributed by atoms with Crippen molar-refractivity contribution in [1.82, 2.24) is 20.0 Å². The highest BCUT2D eigenvalue weighted by Crippen LogP contribution is 2.26. The molecule has 0 aromatic carbocycles. The second kappa shape index (κ2) is 5.33. The maximum Gasteiger partial charge on any atom is 0.356 e. The molecular weight excluding hydrogens is 317 g/mol. The van der Waals surface area contributed by atoms with E-state index in [4.69, 9.17) is 5.11 Å². The number of aryl methyl sites for hydroxylation is 2. The van der Waals surface area contributed by atoms with E-state index in [0.29, 0.717) is 0 Å². The highest BCUT2D eigenvalue weighted by molar-refractivity contribution is 7.92. The summed E-state index contributed by atoms with van der Waals surface area (Å²) < 4.78 is 39.7. The van der Waals surface area contributed by atoms with Crippen LogP contribution < -0.4 is 4.72 Å². The predicted molar refractivity (Wildman–Crippen MR) is 74.4 cm³/mol. The number of aromatic nitrogens is 4. The third kappa shape index (κ3) is 3.03. The Balaban J connectivity index is 2.60. The Kier molecular flexibility index (Phi) is 3.83. The Morgan fingerprint density at radius 2 is 2.05 bits per heavy atom. The van der Waals surface area contributed by atoms with Crippen molar-refractivity contribution in [1.29, 1.82) is 0 Å². The number of nitrogens with one attached hydrogen (secondary N) is 1. The fraction of sp³-hybridized carbons (Fsp3) is 0.273. The number of anilines is 1. The molecule has 2 rings (SSSR count). The number of hydrogen-bond donors (Lipinski definition) is 2. The van der Waals surface area contributed by atoms with Crippen LogP contribution in [0.1, 0.15) is 16.2 Å². The first-order chi connectivity index (χ1) is 10.1. The largest absolute Gasteiger partial charge is 0.476 e. The van der Waals surface area contributed by atoms with Gasteiger partial charge in [0.05, 0.1) is 17.6 Å². The van der Waals surface area contributed by atoms with Gasteiger partial charge in [-0.2, -0.15) is 0 Å². The second-order valence-corrected chi connectivity index (χ2v) is 6.29. The smallest absolute Gasteiger partial charge is 0.356 e. The van der Waals surface area contributed by atoms with Crippen LogP contribution in [-0.4, -0.2) is 45.7 Å². The average Bonchev–Trinajstić information content (AvgIpc) is 2.73. The van der Waals surface area contributed by atoms with Crippen molar-refractivity contribution < 1.29 is 22.7 Å². The Morgan fingerprint density at radius 1 is 1.41 bits per heavy atom. The summed E-state index contributed by atoms with van der Waals surface area (Å²) in [6.45, 7) is 1.45. The van der Waals surface area contributed by atoms with Crippen LogP contribution in [0.3, 0.4) is 0 Å². The first-order valence-corrected chi connectivity index (χ1v) is 7.77. The van der Waals surface area contributed by atoms with Crippen molar-refractivity contribution >= 4 is 21.7 Å². The fourth-order valence-electron chi connectivity index (χ4n) is 1.81. The Labute approximate surface area is 124 Å². The van der Waals surface area contributed by atoms with Crippen LogP contribution in [0, 0.1) is 12.7 Å². The minimum atomic E-state index is -3.59. The van der Waals surface area contributed by atoms with Gasteiger partial charge in [0.1, 0.15) is 11.4 Å². The molecule has 0 atom stereocenters. The number of hydrogen-bond acceptors (Lipinski definition) is 6.